The fourth-order valence-electron chi connectivity index (χ4n) is 1.37. The van der Waals surface area contributed by atoms with Gasteiger partial charge in [-0.3, -0.25) is 0 Å². The Hall–Kier alpha value is -2.08. The summed E-state index contributed by atoms with van der Waals surface area (Å²) in [6.45, 7) is 2.04. The lowest BCUT2D eigenvalue weighted by molar-refractivity contribution is 0.405. The zero-order chi connectivity index (χ0) is 13.1. The van der Waals surface area contributed by atoms with Crippen molar-refractivity contribution < 1.29 is 13.5 Å². The van der Waals surface area contributed by atoms with Crippen LogP contribution in [0.1, 0.15) is 11.3 Å². The van der Waals surface area contributed by atoms with Gasteiger partial charge in [0.2, 0.25) is 0 Å². The van der Waals surface area contributed by atoms with Crippen molar-refractivity contribution in [3.05, 3.63) is 47.3 Å². The van der Waals surface area contributed by atoms with Crippen LogP contribution in [0.5, 0.6) is 11.8 Å². The first-order valence-corrected chi connectivity index (χ1v) is 5.25. The average molecular weight is 251 g/mol. The molecular formula is C12H11F2N3O. The molecule has 0 saturated carbocycles. The van der Waals surface area contributed by atoms with Gasteiger partial charge in [-0.05, 0) is 19.1 Å². The summed E-state index contributed by atoms with van der Waals surface area (Å²) in [4.78, 5) is 7.88. The van der Waals surface area contributed by atoms with Crippen LogP contribution in [0.2, 0.25) is 0 Å². The standard InChI is InChI=1S/C12H11F2N3O/c1-7-8(5-15)6-16-12(17-7)18-11-4-9(13)2-3-10(11)14/h2-4,6H,5,15H2,1H3. The molecule has 1 heterocycles. The van der Waals surface area contributed by atoms with Gasteiger partial charge in [0, 0.05) is 30.1 Å². The van der Waals surface area contributed by atoms with Gasteiger partial charge in [0.05, 0.1) is 0 Å². The molecule has 0 aliphatic rings. The predicted molar refractivity (Wildman–Crippen MR) is 61.1 cm³/mol. The molecule has 94 valence electrons. The van der Waals surface area contributed by atoms with Crippen LogP contribution in [0.3, 0.4) is 0 Å². The Morgan fingerprint density at radius 3 is 2.78 bits per heavy atom. The summed E-state index contributed by atoms with van der Waals surface area (Å²) < 4.78 is 31.4. The summed E-state index contributed by atoms with van der Waals surface area (Å²) in [5.41, 5.74) is 6.87. The number of rotatable bonds is 3. The van der Waals surface area contributed by atoms with Gasteiger partial charge in [0.15, 0.2) is 11.6 Å². The Morgan fingerprint density at radius 1 is 1.33 bits per heavy atom. The molecule has 6 heteroatoms. The zero-order valence-corrected chi connectivity index (χ0v) is 9.65. The van der Waals surface area contributed by atoms with Crippen molar-refractivity contribution >= 4 is 0 Å². The molecule has 0 atom stereocenters. The molecule has 0 radical (unpaired) electrons. The summed E-state index contributed by atoms with van der Waals surface area (Å²) in [5.74, 6) is -1.53. The normalized spacial score (nSPS) is 10.4. The van der Waals surface area contributed by atoms with Crippen LogP contribution >= 0.6 is 0 Å². The minimum Gasteiger partial charge on any atom is -0.421 e. The molecule has 2 rings (SSSR count). The molecule has 0 aliphatic carbocycles. The average Bonchev–Trinajstić information content (AvgIpc) is 2.34. The van der Waals surface area contributed by atoms with E-state index in [4.69, 9.17) is 10.5 Å². The van der Waals surface area contributed by atoms with Crippen LogP contribution in [0, 0.1) is 18.6 Å². The molecule has 0 bridgehead atoms. The van der Waals surface area contributed by atoms with E-state index in [0.717, 1.165) is 23.8 Å². The third-order valence-corrected chi connectivity index (χ3v) is 2.37. The summed E-state index contributed by atoms with van der Waals surface area (Å²) >= 11 is 0. The van der Waals surface area contributed by atoms with Crippen LogP contribution in [-0.4, -0.2) is 9.97 Å². The van der Waals surface area contributed by atoms with Gasteiger partial charge in [-0.2, -0.15) is 4.98 Å². The second kappa shape index (κ2) is 5.05. The van der Waals surface area contributed by atoms with Crippen LogP contribution in [0.25, 0.3) is 0 Å². The molecule has 2 aromatic rings. The van der Waals surface area contributed by atoms with Gasteiger partial charge < -0.3 is 10.5 Å². The smallest absolute Gasteiger partial charge is 0.322 e. The highest BCUT2D eigenvalue weighted by Gasteiger charge is 2.09. The lowest BCUT2D eigenvalue weighted by Gasteiger charge is -2.07. The van der Waals surface area contributed by atoms with Gasteiger partial charge in [-0.1, -0.05) is 0 Å². The Bertz CT molecular complexity index is 575. The van der Waals surface area contributed by atoms with Gasteiger partial charge in [-0.15, -0.1) is 0 Å². The number of hydrogen-bond acceptors (Lipinski definition) is 4. The van der Waals surface area contributed by atoms with E-state index >= 15 is 0 Å². The van der Waals surface area contributed by atoms with Crippen molar-refractivity contribution in [2.24, 2.45) is 5.73 Å². The highest BCUT2D eigenvalue weighted by atomic mass is 19.1. The minimum atomic E-state index is -0.680. The molecule has 4 nitrogen and oxygen atoms in total. The minimum absolute atomic E-state index is 0.0470. The molecule has 0 unspecified atom stereocenters. The Balaban J connectivity index is 2.28. The second-order valence-corrected chi connectivity index (χ2v) is 3.64. The highest BCUT2D eigenvalue weighted by molar-refractivity contribution is 5.28. The van der Waals surface area contributed by atoms with E-state index in [-0.39, 0.29) is 11.8 Å². The summed E-state index contributed by atoms with van der Waals surface area (Å²) in [5, 5.41) is 0. The number of aromatic nitrogens is 2. The third kappa shape index (κ3) is 2.60. The first-order chi connectivity index (χ1) is 8.60. The van der Waals surface area contributed by atoms with E-state index in [1.54, 1.807) is 6.92 Å². The summed E-state index contributed by atoms with van der Waals surface area (Å²) in [6, 6.07) is 2.87. The van der Waals surface area contributed by atoms with E-state index in [1.165, 1.54) is 6.20 Å². The lowest BCUT2D eigenvalue weighted by Crippen LogP contribution is -2.03. The van der Waals surface area contributed by atoms with E-state index in [9.17, 15) is 8.78 Å². The van der Waals surface area contributed by atoms with Gasteiger partial charge >= 0.3 is 6.01 Å². The maximum absolute atomic E-state index is 13.3. The second-order valence-electron chi connectivity index (χ2n) is 3.64. The molecule has 0 amide bonds. The van der Waals surface area contributed by atoms with Gasteiger partial charge in [0.25, 0.3) is 0 Å². The fraction of sp³-hybridized carbons (Fsp3) is 0.167. The van der Waals surface area contributed by atoms with Crippen LogP contribution in [-0.2, 0) is 6.54 Å². The number of benzene rings is 1. The topological polar surface area (TPSA) is 61.0 Å². The molecule has 1 aromatic carbocycles. The van der Waals surface area contributed by atoms with Crippen molar-refractivity contribution in [2.45, 2.75) is 13.5 Å². The number of aryl methyl sites for hydroxylation is 1. The predicted octanol–water partition coefficient (Wildman–Crippen LogP) is 2.31. The third-order valence-electron chi connectivity index (χ3n) is 2.37. The quantitative estimate of drug-likeness (QED) is 0.909. The van der Waals surface area contributed by atoms with E-state index in [2.05, 4.69) is 9.97 Å². The van der Waals surface area contributed by atoms with Crippen molar-refractivity contribution in [1.82, 2.24) is 9.97 Å². The molecule has 0 saturated heterocycles. The molecule has 0 aliphatic heterocycles. The maximum Gasteiger partial charge on any atom is 0.322 e. The number of nitrogens with two attached hydrogens (primary N) is 1. The van der Waals surface area contributed by atoms with Crippen molar-refractivity contribution in [3.8, 4) is 11.8 Å². The maximum atomic E-state index is 13.3. The van der Waals surface area contributed by atoms with Crippen molar-refractivity contribution in [3.63, 3.8) is 0 Å². The largest absolute Gasteiger partial charge is 0.421 e. The number of halogens is 2. The van der Waals surface area contributed by atoms with Crippen LogP contribution < -0.4 is 10.5 Å². The molecule has 2 N–H and O–H groups in total. The van der Waals surface area contributed by atoms with E-state index < -0.39 is 11.6 Å². The first-order valence-electron chi connectivity index (χ1n) is 5.25. The molecule has 1 aromatic heterocycles. The van der Waals surface area contributed by atoms with Crippen LogP contribution in [0.4, 0.5) is 8.78 Å². The summed E-state index contributed by atoms with van der Waals surface area (Å²) in [6.07, 6.45) is 1.49. The van der Waals surface area contributed by atoms with Gasteiger partial charge in [-0.25, -0.2) is 13.8 Å². The Labute approximate surface area is 102 Å². The van der Waals surface area contributed by atoms with Gasteiger partial charge in [0.1, 0.15) is 5.82 Å². The molecular weight excluding hydrogens is 240 g/mol. The van der Waals surface area contributed by atoms with Crippen molar-refractivity contribution in [2.75, 3.05) is 0 Å². The number of nitrogens with zero attached hydrogens (tertiary/aromatic N) is 2. The molecule has 18 heavy (non-hydrogen) atoms. The fourth-order valence-corrected chi connectivity index (χ4v) is 1.37. The SMILES string of the molecule is Cc1nc(Oc2cc(F)ccc2F)ncc1CN. The van der Waals surface area contributed by atoms with Crippen LogP contribution in [0.15, 0.2) is 24.4 Å². The molecule has 0 spiro atoms. The van der Waals surface area contributed by atoms with Crippen molar-refractivity contribution in [1.29, 1.82) is 0 Å². The van der Waals surface area contributed by atoms with E-state index in [0.29, 0.717) is 12.2 Å². The first kappa shape index (κ1) is 12.4. The zero-order valence-electron chi connectivity index (χ0n) is 9.65. The van der Waals surface area contributed by atoms with E-state index in [1.807, 2.05) is 0 Å². The lowest BCUT2D eigenvalue weighted by atomic mass is 10.2. The Kier molecular flexibility index (Phi) is 3.47. The highest BCUT2D eigenvalue weighted by Crippen LogP contribution is 2.23. The molecule has 0 fully saturated rings. The monoisotopic (exact) mass is 251 g/mol. The number of ether oxygens (including phenoxy) is 1. The Morgan fingerprint density at radius 2 is 2.11 bits per heavy atom. The number of hydrogen-bond donors (Lipinski definition) is 1. The summed E-state index contributed by atoms with van der Waals surface area (Å²) in [7, 11) is 0.